The highest BCUT2D eigenvalue weighted by molar-refractivity contribution is 9.10. The first-order chi connectivity index (χ1) is 8.06. The number of aliphatic carboxylic acids is 1. The predicted octanol–water partition coefficient (Wildman–Crippen LogP) is 4.16. The number of carboxylic acids is 1. The van der Waals surface area contributed by atoms with Gasteiger partial charge in [-0.25, -0.2) is 4.79 Å². The molecular formula is C12H15BrClNO2. The van der Waals surface area contributed by atoms with Crippen LogP contribution in [0.3, 0.4) is 0 Å². The molecule has 2 N–H and O–H groups in total. The van der Waals surface area contributed by atoms with Crippen LogP contribution in [0.2, 0.25) is 5.02 Å². The third-order valence-corrected chi connectivity index (χ3v) is 3.82. The van der Waals surface area contributed by atoms with Crippen LogP contribution in [-0.2, 0) is 4.79 Å². The molecule has 0 spiro atoms. The average Bonchev–Trinajstić information content (AvgIpc) is 2.29. The molecule has 0 aromatic heterocycles. The lowest BCUT2D eigenvalue weighted by Gasteiger charge is -2.16. The van der Waals surface area contributed by atoms with Crippen molar-refractivity contribution in [2.24, 2.45) is 0 Å². The number of anilines is 1. The van der Waals surface area contributed by atoms with Gasteiger partial charge in [-0.05, 0) is 34.5 Å². The minimum absolute atomic E-state index is 0.564. The fourth-order valence-corrected chi connectivity index (χ4v) is 2.02. The van der Waals surface area contributed by atoms with Crippen LogP contribution in [0, 0.1) is 0 Å². The van der Waals surface area contributed by atoms with E-state index in [1.807, 2.05) is 6.92 Å². The van der Waals surface area contributed by atoms with E-state index in [1.54, 1.807) is 18.2 Å². The van der Waals surface area contributed by atoms with Gasteiger partial charge in [-0.2, -0.15) is 0 Å². The van der Waals surface area contributed by atoms with Crippen LogP contribution in [0.1, 0.15) is 26.2 Å². The molecule has 17 heavy (non-hydrogen) atoms. The smallest absolute Gasteiger partial charge is 0.326 e. The van der Waals surface area contributed by atoms with Crippen LogP contribution in [0.15, 0.2) is 22.7 Å². The zero-order valence-corrected chi connectivity index (χ0v) is 11.9. The highest BCUT2D eigenvalue weighted by Gasteiger charge is 2.17. The van der Waals surface area contributed by atoms with Gasteiger partial charge in [0.15, 0.2) is 0 Å². The van der Waals surface area contributed by atoms with Crippen LogP contribution in [0.25, 0.3) is 0 Å². The third-order valence-electron chi connectivity index (χ3n) is 2.43. The SMILES string of the molecule is CCCCC(Nc1cccc(Cl)c1Br)C(=O)O. The molecule has 0 saturated carbocycles. The van der Waals surface area contributed by atoms with E-state index in [0.717, 1.165) is 12.8 Å². The molecule has 0 bridgehead atoms. The molecule has 0 aliphatic carbocycles. The summed E-state index contributed by atoms with van der Waals surface area (Å²) in [7, 11) is 0. The van der Waals surface area contributed by atoms with E-state index in [1.165, 1.54) is 0 Å². The van der Waals surface area contributed by atoms with Crippen molar-refractivity contribution >= 4 is 39.2 Å². The molecular weight excluding hydrogens is 305 g/mol. The van der Waals surface area contributed by atoms with Crippen LogP contribution in [0.5, 0.6) is 0 Å². The number of rotatable bonds is 6. The van der Waals surface area contributed by atoms with E-state index in [9.17, 15) is 4.79 Å². The molecule has 0 aliphatic heterocycles. The Labute approximate surface area is 114 Å². The van der Waals surface area contributed by atoms with Crippen LogP contribution < -0.4 is 5.32 Å². The number of unbranched alkanes of at least 4 members (excludes halogenated alkanes) is 1. The van der Waals surface area contributed by atoms with Crippen LogP contribution in [-0.4, -0.2) is 17.1 Å². The summed E-state index contributed by atoms with van der Waals surface area (Å²) in [6.45, 7) is 2.04. The van der Waals surface area contributed by atoms with E-state index >= 15 is 0 Å². The van der Waals surface area contributed by atoms with E-state index in [2.05, 4.69) is 21.2 Å². The first-order valence-corrected chi connectivity index (χ1v) is 6.66. The van der Waals surface area contributed by atoms with Crippen molar-refractivity contribution in [3.63, 3.8) is 0 Å². The monoisotopic (exact) mass is 319 g/mol. The number of hydrogen-bond acceptors (Lipinski definition) is 2. The first kappa shape index (κ1) is 14.3. The summed E-state index contributed by atoms with van der Waals surface area (Å²) in [5.74, 6) is -0.842. The molecule has 0 fully saturated rings. The fraction of sp³-hybridized carbons (Fsp3) is 0.417. The van der Waals surface area contributed by atoms with Gasteiger partial charge >= 0.3 is 5.97 Å². The summed E-state index contributed by atoms with van der Waals surface area (Å²) in [4.78, 5) is 11.1. The number of benzene rings is 1. The lowest BCUT2D eigenvalue weighted by Crippen LogP contribution is -2.29. The lowest BCUT2D eigenvalue weighted by atomic mass is 10.1. The molecule has 0 saturated heterocycles. The Balaban J connectivity index is 2.78. The summed E-state index contributed by atoms with van der Waals surface area (Å²) in [5.41, 5.74) is 0.709. The maximum atomic E-state index is 11.1. The summed E-state index contributed by atoms with van der Waals surface area (Å²) in [6, 6.07) is 4.76. The maximum Gasteiger partial charge on any atom is 0.326 e. The fourth-order valence-electron chi connectivity index (χ4n) is 1.47. The van der Waals surface area contributed by atoms with Gasteiger partial charge in [0.1, 0.15) is 6.04 Å². The Bertz CT molecular complexity index is 398. The largest absolute Gasteiger partial charge is 0.480 e. The molecule has 0 aliphatic rings. The van der Waals surface area contributed by atoms with Gasteiger partial charge < -0.3 is 10.4 Å². The second kappa shape index (κ2) is 6.87. The van der Waals surface area contributed by atoms with Gasteiger partial charge in [0, 0.05) is 0 Å². The van der Waals surface area contributed by atoms with E-state index < -0.39 is 12.0 Å². The summed E-state index contributed by atoms with van der Waals surface area (Å²) in [5, 5.41) is 12.7. The topological polar surface area (TPSA) is 49.3 Å². The second-order valence-corrected chi connectivity index (χ2v) is 4.98. The van der Waals surface area contributed by atoms with Crippen LogP contribution in [0.4, 0.5) is 5.69 Å². The quantitative estimate of drug-likeness (QED) is 0.827. The molecule has 1 atom stereocenters. The van der Waals surface area contributed by atoms with Gasteiger partial charge in [-0.3, -0.25) is 0 Å². The normalized spacial score (nSPS) is 12.2. The van der Waals surface area contributed by atoms with Crippen molar-refractivity contribution in [2.75, 3.05) is 5.32 Å². The van der Waals surface area contributed by atoms with E-state index in [-0.39, 0.29) is 0 Å². The Hall–Kier alpha value is -0.740. The number of carboxylic acid groups (broad SMARTS) is 1. The van der Waals surface area contributed by atoms with E-state index in [0.29, 0.717) is 21.6 Å². The number of hydrogen-bond donors (Lipinski definition) is 2. The molecule has 94 valence electrons. The minimum atomic E-state index is -0.842. The standard InChI is InChI=1S/C12H15BrClNO2/c1-2-3-6-10(12(16)17)15-9-7-4-5-8(14)11(9)13/h4-5,7,10,15H,2-3,6H2,1H3,(H,16,17). The predicted molar refractivity (Wildman–Crippen MR) is 73.7 cm³/mol. The number of carbonyl (C=O) groups is 1. The average molecular weight is 321 g/mol. The number of halogens is 2. The molecule has 0 heterocycles. The maximum absolute atomic E-state index is 11.1. The van der Waals surface area contributed by atoms with Gasteiger partial charge in [0.05, 0.1) is 15.2 Å². The molecule has 1 aromatic rings. The van der Waals surface area contributed by atoms with Crippen molar-refractivity contribution in [3.8, 4) is 0 Å². The zero-order valence-electron chi connectivity index (χ0n) is 9.54. The van der Waals surface area contributed by atoms with Crippen LogP contribution >= 0.6 is 27.5 Å². The second-order valence-electron chi connectivity index (χ2n) is 3.78. The Morgan fingerprint density at radius 3 is 2.88 bits per heavy atom. The molecule has 1 rings (SSSR count). The highest BCUT2D eigenvalue weighted by Crippen LogP contribution is 2.30. The minimum Gasteiger partial charge on any atom is -0.480 e. The zero-order chi connectivity index (χ0) is 12.8. The summed E-state index contributed by atoms with van der Waals surface area (Å²) >= 11 is 9.29. The molecule has 0 amide bonds. The lowest BCUT2D eigenvalue weighted by molar-refractivity contribution is -0.138. The van der Waals surface area contributed by atoms with Crippen molar-refractivity contribution < 1.29 is 9.90 Å². The van der Waals surface area contributed by atoms with Gasteiger partial charge in [-0.15, -0.1) is 0 Å². The molecule has 1 aromatic carbocycles. The van der Waals surface area contributed by atoms with Gasteiger partial charge in [0.25, 0.3) is 0 Å². The molecule has 1 unspecified atom stereocenters. The van der Waals surface area contributed by atoms with Gasteiger partial charge in [-0.1, -0.05) is 37.4 Å². The molecule has 0 radical (unpaired) electrons. The first-order valence-electron chi connectivity index (χ1n) is 5.49. The summed E-state index contributed by atoms with van der Waals surface area (Å²) < 4.78 is 0.699. The van der Waals surface area contributed by atoms with Crippen molar-refractivity contribution in [1.82, 2.24) is 0 Å². The highest BCUT2D eigenvalue weighted by atomic mass is 79.9. The van der Waals surface area contributed by atoms with Gasteiger partial charge in [0.2, 0.25) is 0 Å². The number of nitrogens with one attached hydrogen (secondary N) is 1. The Morgan fingerprint density at radius 1 is 1.59 bits per heavy atom. The van der Waals surface area contributed by atoms with Crippen molar-refractivity contribution in [2.45, 2.75) is 32.2 Å². The summed E-state index contributed by atoms with van der Waals surface area (Å²) in [6.07, 6.45) is 2.45. The Kier molecular flexibility index (Phi) is 5.78. The Morgan fingerprint density at radius 2 is 2.29 bits per heavy atom. The van der Waals surface area contributed by atoms with Crippen molar-refractivity contribution in [3.05, 3.63) is 27.7 Å². The molecule has 5 heteroatoms. The third kappa shape index (κ3) is 4.21. The van der Waals surface area contributed by atoms with E-state index in [4.69, 9.17) is 16.7 Å². The van der Waals surface area contributed by atoms with Crippen molar-refractivity contribution in [1.29, 1.82) is 0 Å². The molecule has 3 nitrogen and oxygen atoms in total.